The predicted octanol–water partition coefficient (Wildman–Crippen LogP) is 2.88. The molecule has 1 aliphatic heterocycles. The highest BCUT2D eigenvalue weighted by Gasteiger charge is 2.15. The number of hydrogen-bond donors (Lipinski definition) is 6. The van der Waals surface area contributed by atoms with Crippen molar-refractivity contribution >= 4 is 23.1 Å². The number of carbonyl (C=O) groups is 1. The fourth-order valence-corrected chi connectivity index (χ4v) is 3.44. The summed E-state index contributed by atoms with van der Waals surface area (Å²) in [5.41, 5.74) is 7.13. The number of hydrogen-bond acceptors (Lipinski definition) is 6. The first-order valence-corrected chi connectivity index (χ1v) is 10.6. The summed E-state index contributed by atoms with van der Waals surface area (Å²) in [4.78, 5) is 12.3. The molecule has 1 amide bonds. The Balaban J connectivity index is 1.44. The first-order chi connectivity index (χ1) is 14.9. The molecule has 1 heterocycles. The van der Waals surface area contributed by atoms with Crippen LogP contribution in [0.2, 0.25) is 0 Å². The maximum Gasteiger partial charge on any atom is 0.224 e. The van der Waals surface area contributed by atoms with Gasteiger partial charge in [-0.1, -0.05) is 6.92 Å². The molecular weight excluding hydrogens is 394 g/mol. The molecule has 0 spiro atoms. The summed E-state index contributed by atoms with van der Waals surface area (Å²) in [6.45, 7) is 4.60. The molecule has 0 aromatic heterocycles. The van der Waals surface area contributed by atoms with Gasteiger partial charge in [-0.25, -0.2) is 0 Å². The van der Waals surface area contributed by atoms with Crippen LogP contribution in [0.25, 0.3) is 0 Å². The van der Waals surface area contributed by atoms with Gasteiger partial charge < -0.3 is 31.5 Å². The first-order valence-electron chi connectivity index (χ1n) is 10.6. The van der Waals surface area contributed by atoms with E-state index in [1.807, 2.05) is 31.2 Å². The number of ether oxygens (including phenoxy) is 1. The highest BCUT2D eigenvalue weighted by Crippen LogP contribution is 2.25. The molecule has 7 N–H and O–H groups in total. The van der Waals surface area contributed by atoms with Crippen LogP contribution in [0.5, 0.6) is 11.5 Å². The fourth-order valence-electron chi connectivity index (χ4n) is 3.44. The number of rotatable bonds is 9. The SMILES string of the molecule is CC(CNc1ccc(OC2CCNCC2)cc1)CC(=O)Nc1cc(C(=N)N)ccc1O. The minimum atomic E-state index is -0.212. The number of benzene rings is 2. The van der Waals surface area contributed by atoms with E-state index in [0.717, 1.165) is 37.4 Å². The molecule has 1 fully saturated rings. The minimum absolute atomic E-state index is 0.0593. The molecule has 2 aromatic rings. The maximum atomic E-state index is 12.3. The molecule has 1 saturated heterocycles. The average Bonchev–Trinajstić information content (AvgIpc) is 2.75. The molecule has 3 rings (SSSR count). The third kappa shape index (κ3) is 6.89. The lowest BCUT2D eigenvalue weighted by atomic mass is 10.1. The molecule has 0 saturated carbocycles. The van der Waals surface area contributed by atoms with Gasteiger partial charge >= 0.3 is 0 Å². The summed E-state index contributed by atoms with van der Waals surface area (Å²) in [6.07, 6.45) is 2.61. The molecule has 1 aliphatic rings. The summed E-state index contributed by atoms with van der Waals surface area (Å²) in [5, 5.41) is 26.8. The topological polar surface area (TPSA) is 132 Å². The Hall–Kier alpha value is -3.26. The number of amides is 1. The second-order valence-electron chi connectivity index (χ2n) is 7.98. The summed E-state index contributed by atoms with van der Waals surface area (Å²) in [7, 11) is 0. The van der Waals surface area contributed by atoms with E-state index in [1.165, 1.54) is 18.2 Å². The van der Waals surface area contributed by atoms with Crippen LogP contribution in [-0.4, -0.2) is 42.6 Å². The highest BCUT2D eigenvalue weighted by atomic mass is 16.5. The zero-order valence-electron chi connectivity index (χ0n) is 17.8. The van der Waals surface area contributed by atoms with Gasteiger partial charge in [0.15, 0.2) is 0 Å². The van der Waals surface area contributed by atoms with Gasteiger partial charge in [-0.15, -0.1) is 0 Å². The monoisotopic (exact) mass is 425 g/mol. The molecule has 166 valence electrons. The van der Waals surface area contributed by atoms with Crippen LogP contribution in [0.4, 0.5) is 11.4 Å². The van der Waals surface area contributed by atoms with Crippen molar-refractivity contribution in [1.82, 2.24) is 5.32 Å². The molecular formula is C23H31N5O3. The Labute approximate surface area is 182 Å². The lowest BCUT2D eigenvalue weighted by molar-refractivity contribution is -0.116. The van der Waals surface area contributed by atoms with Crippen molar-refractivity contribution in [2.45, 2.75) is 32.3 Å². The number of phenols is 1. The average molecular weight is 426 g/mol. The zero-order chi connectivity index (χ0) is 22.2. The van der Waals surface area contributed by atoms with Gasteiger partial charge in [0.2, 0.25) is 5.91 Å². The fraction of sp³-hybridized carbons (Fsp3) is 0.391. The molecule has 0 bridgehead atoms. The van der Waals surface area contributed by atoms with Crippen molar-refractivity contribution in [2.75, 3.05) is 30.3 Å². The summed E-state index contributed by atoms with van der Waals surface area (Å²) in [5.74, 6) is 0.549. The number of nitrogens with one attached hydrogen (secondary N) is 4. The zero-order valence-corrected chi connectivity index (χ0v) is 17.8. The molecule has 2 aromatic carbocycles. The van der Waals surface area contributed by atoms with Crippen molar-refractivity contribution in [3.8, 4) is 11.5 Å². The van der Waals surface area contributed by atoms with Gasteiger partial charge in [0.05, 0.1) is 5.69 Å². The number of aromatic hydroxyl groups is 1. The lowest BCUT2D eigenvalue weighted by Gasteiger charge is -2.24. The van der Waals surface area contributed by atoms with E-state index in [2.05, 4.69) is 16.0 Å². The van der Waals surface area contributed by atoms with E-state index < -0.39 is 0 Å². The Morgan fingerprint density at radius 2 is 1.97 bits per heavy atom. The van der Waals surface area contributed by atoms with Crippen molar-refractivity contribution in [3.63, 3.8) is 0 Å². The lowest BCUT2D eigenvalue weighted by Crippen LogP contribution is -2.34. The molecule has 1 atom stereocenters. The Morgan fingerprint density at radius 3 is 2.65 bits per heavy atom. The first kappa shape index (κ1) is 22.4. The van der Waals surface area contributed by atoms with Crippen LogP contribution in [0, 0.1) is 11.3 Å². The summed E-state index contributed by atoms with van der Waals surface area (Å²) >= 11 is 0. The molecule has 1 unspecified atom stereocenters. The second-order valence-corrected chi connectivity index (χ2v) is 7.98. The number of nitrogen functional groups attached to an aromatic ring is 1. The van der Waals surface area contributed by atoms with E-state index >= 15 is 0 Å². The second kappa shape index (κ2) is 10.7. The van der Waals surface area contributed by atoms with Crippen LogP contribution < -0.4 is 26.4 Å². The van der Waals surface area contributed by atoms with Crippen molar-refractivity contribution in [3.05, 3.63) is 48.0 Å². The smallest absolute Gasteiger partial charge is 0.224 e. The van der Waals surface area contributed by atoms with Crippen molar-refractivity contribution < 1.29 is 14.6 Å². The highest BCUT2D eigenvalue weighted by molar-refractivity contribution is 5.98. The molecule has 31 heavy (non-hydrogen) atoms. The van der Waals surface area contributed by atoms with Crippen LogP contribution in [0.1, 0.15) is 31.7 Å². The molecule has 0 aliphatic carbocycles. The van der Waals surface area contributed by atoms with E-state index in [4.69, 9.17) is 15.9 Å². The number of anilines is 2. The standard InChI is InChI=1S/C23H31N5O3/c1-15(12-22(30)28-20-13-16(23(24)25)2-7-21(20)29)14-27-17-3-5-18(6-4-17)31-19-8-10-26-11-9-19/h2-7,13,15,19,26-27,29H,8-12,14H2,1H3,(H3,24,25)(H,28,30). The van der Waals surface area contributed by atoms with Crippen LogP contribution in [0.15, 0.2) is 42.5 Å². The van der Waals surface area contributed by atoms with Crippen molar-refractivity contribution in [1.29, 1.82) is 5.41 Å². The van der Waals surface area contributed by atoms with Crippen LogP contribution in [0.3, 0.4) is 0 Å². The Morgan fingerprint density at radius 1 is 1.26 bits per heavy atom. The number of amidine groups is 1. The minimum Gasteiger partial charge on any atom is -0.506 e. The Bertz CT molecular complexity index is 895. The largest absolute Gasteiger partial charge is 0.506 e. The van der Waals surface area contributed by atoms with E-state index in [0.29, 0.717) is 12.1 Å². The quantitative estimate of drug-likeness (QED) is 0.208. The number of phenolic OH excluding ortho intramolecular Hbond substituents is 1. The predicted molar refractivity (Wildman–Crippen MR) is 123 cm³/mol. The number of carbonyl (C=O) groups excluding carboxylic acids is 1. The Kier molecular flexibility index (Phi) is 7.72. The molecule has 8 nitrogen and oxygen atoms in total. The third-order valence-electron chi connectivity index (χ3n) is 5.21. The van der Waals surface area contributed by atoms with E-state index in [9.17, 15) is 9.90 Å². The van der Waals surface area contributed by atoms with Crippen LogP contribution in [-0.2, 0) is 4.79 Å². The van der Waals surface area contributed by atoms with E-state index in [-0.39, 0.29) is 41.6 Å². The number of nitrogens with two attached hydrogens (primary N) is 1. The molecule has 0 radical (unpaired) electrons. The normalized spacial score (nSPS) is 15.1. The van der Waals surface area contributed by atoms with Gasteiger partial charge in [-0.3, -0.25) is 10.2 Å². The van der Waals surface area contributed by atoms with Gasteiger partial charge in [-0.05, 0) is 74.3 Å². The summed E-state index contributed by atoms with van der Waals surface area (Å²) in [6, 6.07) is 12.3. The number of piperidine rings is 1. The van der Waals surface area contributed by atoms with Gasteiger partial charge in [0, 0.05) is 24.2 Å². The maximum absolute atomic E-state index is 12.3. The van der Waals surface area contributed by atoms with Crippen LogP contribution >= 0.6 is 0 Å². The molecule has 8 heteroatoms. The summed E-state index contributed by atoms with van der Waals surface area (Å²) < 4.78 is 6.02. The van der Waals surface area contributed by atoms with Gasteiger partial charge in [-0.2, -0.15) is 0 Å². The third-order valence-corrected chi connectivity index (χ3v) is 5.21. The van der Waals surface area contributed by atoms with Crippen molar-refractivity contribution in [2.24, 2.45) is 11.7 Å². The van der Waals surface area contributed by atoms with Gasteiger partial charge in [0.25, 0.3) is 0 Å². The van der Waals surface area contributed by atoms with E-state index in [1.54, 1.807) is 0 Å². The van der Waals surface area contributed by atoms with Gasteiger partial charge in [0.1, 0.15) is 23.4 Å².